The van der Waals surface area contributed by atoms with Crippen molar-refractivity contribution in [3.63, 3.8) is 0 Å². The van der Waals surface area contributed by atoms with E-state index in [4.69, 9.17) is 9.47 Å². The average molecular weight is 503 g/mol. The molecule has 3 aromatic rings. The van der Waals surface area contributed by atoms with Gasteiger partial charge in [0.25, 0.3) is 5.91 Å². The number of aryl methyl sites for hydroxylation is 2. The zero-order chi connectivity index (χ0) is 26.8. The van der Waals surface area contributed by atoms with Gasteiger partial charge in [-0.25, -0.2) is 0 Å². The van der Waals surface area contributed by atoms with E-state index in [9.17, 15) is 9.59 Å². The first-order valence-electron chi connectivity index (χ1n) is 12.8. The maximum atomic E-state index is 13.8. The number of carbonyl (C=O) groups is 2. The van der Waals surface area contributed by atoms with E-state index in [1.165, 1.54) is 0 Å². The number of nitrogens with one attached hydrogen (secondary N) is 1. The van der Waals surface area contributed by atoms with E-state index >= 15 is 0 Å². The zero-order valence-electron chi connectivity index (χ0n) is 22.5. The molecule has 0 heterocycles. The number of hydrogen-bond acceptors (Lipinski definition) is 4. The molecule has 0 saturated carbocycles. The van der Waals surface area contributed by atoms with Crippen LogP contribution in [0.25, 0.3) is 0 Å². The van der Waals surface area contributed by atoms with Crippen LogP contribution in [0.2, 0.25) is 0 Å². The first-order chi connectivity index (χ1) is 17.8. The van der Waals surface area contributed by atoms with Crippen LogP contribution < -0.4 is 14.8 Å². The largest absolute Gasteiger partial charge is 0.497 e. The van der Waals surface area contributed by atoms with Crippen LogP contribution in [0.3, 0.4) is 0 Å². The van der Waals surface area contributed by atoms with E-state index in [0.29, 0.717) is 17.9 Å². The van der Waals surface area contributed by atoms with Gasteiger partial charge in [0.05, 0.1) is 7.11 Å². The molecule has 0 saturated heterocycles. The normalized spacial score (nSPS) is 12.4. The molecule has 196 valence electrons. The molecule has 2 amide bonds. The minimum Gasteiger partial charge on any atom is -0.497 e. The van der Waals surface area contributed by atoms with Gasteiger partial charge in [0, 0.05) is 19.0 Å². The van der Waals surface area contributed by atoms with Gasteiger partial charge in [-0.2, -0.15) is 0 Å². The Hall–Kier alpha value is -3.80. The lowest BCUT2D eigenvalue weighted by molar-refractivity contribution is -0.143. The van der Waals surface area contributed by atoms with E-state index in [1.807, 2.05) is 100 Å². The summed E-state index contributed by atoms with van der Waals surface area (Å²) in [4.78, 5) is 29.0. The second-order valence-corrected chi connectivity index (χ2v) is 9.45. The summed E-state index contributed by atoms with van der Waals surface area (Å²) >= 11 is 0. The number of amides is 2. The number of ether oxygens (including phenoxy) is 2. The molecule has 0 unspecified atom stereocenters. The predicted molar refractivity (Wildman–Crippen MR) is 147 cm³/mol. The Bertz CT molecular complexity index is 1180. The van der Waals surface area contributed by atoms with Crippen molar-refractivity contribution in [2.24, 2.45) is 0 Å². The average Bonchev–Trinajstić information content (AvgIpc) is 2.91. The highest BCUT2D eigenvalue weighted by atomic mass is 16.5. The van der Waals surface area contributed by atoms with Crippen LogP contribution in [0.4, 0.5) is 0 Å². The van der Waals surface area contributed by atoms with E-state index in [1.54, 1.807) is 12.0 Å². The third-order valence-electron chi connectivity index (χ3n) is 6.45. The van der Waals surface area contributed by atoms with Gasteiger partial charge < -0.3 is 19.7 Å². The Balaban J connectivity index is 1.95. The second kappa shape index (κ2) is 13.5. The van der Waals surface area contributed by atoms with E-state index in [0.717, 1.165) is 28.7 Å². The van der Waals surface area contributed by atoms with Gasteiger partial charge in [0.1, 0.15) is 17.5 Å². The highest BCUT2D eigenvalue weighted by Crippen LogP contribution is 2.21. The minimum atomic E-state index is -0.711. The van der Waals surface area contributed by atoms with Gasteiger partial charge in [0.15, 0.2) is 6.61 Å². The number of rotatable bonds is 12. The highest BCUT2D eigenvalue weighted by molar-refractivity contribution is 5.88. The SMILES string of the molecule is CC[C@H](C)NC(=O)[C@@H](Cc1ccccc1)N(Cc1cccc(OC)c1)C(=O)COc1cc(C)ccc1C. The smallest absolute Gasteiger partial charge is 0.261 e. The van der Waals surface area contributed by atoms with Crippen molar-refractivity contribution in [1.29, 1.82) is 0 Å². The zero-order valence-corrected chi connectivity index (χ0v) is 22.5. The summed E-state index contributed by atoms with van der Waals surface area (Å²) in [6, 6.07) is 22.5. The maximum absolute atomic E-state index is 13.8. The molecule has 2 atom stereocenters. The summed E-state index contributed by atoms with van der Waals surface area (Å²) in [6.07, 6.45) is 1.19. The quantitative estimate of drug-likeness (QED) is 0.368. The fourth-order valence-corrected chi connectivity index (χ4v) is 4.05. The van der Waals surface area contributed by atoms with Crippen molar-refractivity contribution in [2.75, 3.05) is 13.7 Å². The van der Waals surface area contributed by atoms with Crippen LogP contribution in [-0.2, 0) is 22.6 Å². The fourth-order valence-electron chi connectivity index (χ4n) is 4.05. The lowest BCUT2D eigenvalue weighted by Crippen LogP contribution is -2.53. The first kappa shape index (κ1) is 27.8. The van der Waals surface area contributed by atoms with Crippen molar-refractivity contribution in [1.82, 2.24) is 10.2 Å². The number of methoxy groups -OCH3 is 1. The lowest BCUT2D eigenvalue weighted by Gasteiger charge is -2.32. The summed E-state index contributed by atoms with van der Waals surface area (Å²) in [6.45, 7) is 8.00. The van der Waals surface area contributed by atoms with Gasteiger partial charge in [-0.15, -0.1) is 0 Å². The molecule has 0 radical (unpaired) electrons. The Kier molecular flexibility index (Phi) is 10.1. The van der Waals surface area contributed by atoms with Gasteiger partial charge in [-0.3, -0.25) is 9.59 Å². The molecule has 0 spiro atoms. The second-order valence-electron chi connectivity index (χ2n) is 9.45. The predicted octanol–water partition coefficient (Wildman–Crippen LogP) is 5.25. The molecule has 0 aliphatic heterocycles. The molecule has 0 bridgehead atoms. The van der Waals surface area contributed by atoms with Crippen molar-refractivity contribution in [3.8, 4) is 11.5 Å². The van der Waals surface area contributed by atoms with E-state index < -0.39 is 6.04 Å². The molecule has 37 heavy (non-hydrogen) atoms. The van der Waals surface area contributed by atoms with Gasteiger partial charge in [-0.1, -0.05) is 61.5 Å². The molecular weight excluding hydrogens is 464 g/mol. The van der Waals surface area contributed by atoms with Crippen LogP contribution in [0, 0.1) is 13.8 Å². The molecule has 3 rings (SSSR count). The fraction of sp³-hybridized carbons (Fsp3) is 0.355. The third-order valence-corrected chi connectivity index (χ3v) is 6.45. The number of benzene rings is 3. The molecule has 3 aromatic carbocycles. The van der Waals surface area contributed by atoms with Crippen LogP contribution in [0.1, 0.15) is 42.5 Å². The number of carbonyl (C=O) groups excluding carboxylic acids is 2. The van der Waals surface area contributed by atoms with Gasteiger partial charge in [-0.05, 0) is 67.6 Å². The molecule has 0 aliphatic carbocycles. The molecule has 6 heteroatoms. The van der Waals surface area contributed by atoms with Gasteiger partial charge in [0.2, 0.25) is 5.91 Å². The number of nitrogens with zero attached hydrogens (tertiary/aromatic N) is 1. The first-order valence-corrected chi connectivity index (χ1v) is 12.8. The lowest BCUT2D eigenvalue weighted by atomic mass is 10.0. The van der Waals surface area contributed by atoms with E-state index in [2.05, 4.69) is 5.32 Å². The topological polar surface area (TPSA) is 67.9 Å². The van der Waals surface area contributed by atoms with E-state index in [-0.39, 0.29) is 31.0 Å². The Labute approximate surface area is 220 Å². The Morgan fingerprint density at radius 2 is 1.68 bits per heavy atom. The number of hydrogen-bond donors (Lipinski definition) is 1. The third kappa shape index (κ3) is 8.10. The highest BCUT2D eigenvalue weighted by Gasteiger charge is 2.31. The van der Waals surface area contributed by atoms with Crippen LogP contribution >= 0.6 is 0 Å². The molecule has 1 N–H and O–H groups in total. The summed E-state index contributed by atoms with van der Waals surface area (Å²) in [5.74, 6) is 0.920. The summed E-state index contributed by atoms with van der Waals surface area (Å²) in [7, 11) is 1.61. The molecule has 0 aliphatic rings. The summed E-state index contributed by atoms with van der Waals surface area (Å²) in [5, 5.41) is 3.09. The van der Waals surface area contributed by atoms with Gasteiger partial charge >= 0.3 is 0 Å². The Morgan fingerprint density at radius 3 is 2.38 bits per heavy atom. The Morgan fingerprint density at radius 1 is 0.946 bits per heavy atom. The van der Waals surface area contributed by atoms with Crippen molar-refractivity contribution >= 4 is 11.8 Å². The molecule has 0 aromatic heterocycles. The van der Waals surface area contributed by atoms with Crippen molar-refractivity contribution in [3.05, 3.63) is 95.1 Å². The molecular formula is C31H38N2O4. The monoisotopic (exact) mass is 502 g/mol. The van der Waals surface area contributed by atoms with Crippen LogP contribution in [-0.4, -0.2) is 42.5 Å². The maximum Gasteiger partial charge on any atom is 0.261 e. The summed E-state index contributed by atoms with van der Waals surface area (Å²) < 4.78 is 11.4. The standard InChI is InChI=1S/C31H38N2O4/c1-6-24(4)32-31(35)28(19-25-11-8-7-9-12-25)33(20-26-13-10-14-27(18-26)36-5)30(34)21-37-29-17-22(2)15-16-23(29)3/h7-18,24,28H,6,19-21H2,1-5H3,(H,32,35)/t24-,28+/m0/s1. The minimum absolute atomic E-state index is 0.00858. The van der Waals surface area contributed by atoms with Crippen LogP contribution in [0.15, 0.2) is 72.8 Å². The molecule has 6 nitrogen and oxygen atoms in total. The van der Waals surface area contributed by atoms with Crippen molar-refractivity contribution < 1.29 is 19.1 Å². The molecule has 0 fully saturated rings. The van der Waals surface area contributed by atoms with Crippen LogP contribution in [0.5, 0.6) is 11.5 Å². The van der Waals surface area contributed by atoms with Crippen molar-refractivity contribution in [2.45, 2.75) is 59.2 Å². The summed E-state index contributed by atoms with van der Waals surface area (Å²) in [5.41, 5.74) is 3.85.